The molecule has 0 amide bonds. The molecule has 1 aromatic heterocycles. The fourth-order valence-electron chi connectivity index (χ4n) is 1.38. The van der Waals surface area contributed by atoms with Gasteiger partial charge in [-0.25, -0.2) is 4.79 Å². The second-order valence-corrected chi connectivity index (χ2v) is 2.79. The van der Waals surface area contributed by atoms with Crippen molar-refractivity contribution in [1.82, 2.24) is 4.98 Å². The molecule has 0 spiro atoms. The molecule has 0 radical (unpaired) electrons. The predicted octanol–water partition coefficient (Wildman–Crippen LogP) is 2.14. The van der Waals surface area contributed by atoms with Crippen LogP contribution in [0, 0.1) is 0 Å². The average Bonchev–Trinajstić information content (AvgIpc) is 2.66. The Hall–Kier alpha value is -2.06. The Balaban J connectivity index is 2.76. The Morgan fingerprint density at radius 2 is 2.36 bits per heavy atom. The van der Waals surface area contributed by atoms with E-state index in [9.17, 15) is 4.79 Å². The van der Waals surface area contributed by atoms with E-state index in [4.69, 9.17) is 4.74 Å². The summed E-state index contributed by atoms with van der Waals surface area (Å²) in [5.74, 6) is 0.661. The highest BCUT2D eigenvalue weighted by Gasteiger charge is 2.04. The standard InChI is InChI=1S/C10H8N2O2/c1-14-7-4-9-8(2-3-11-9)10(5-7)12-6-13/h2-5,11H,1H3. The maximum atomic E-state index is 10.2. The summed E-state index contributed by atoms with van der Waals surface area (Å²) in [6.45, 7) is 0. The summed E-state index contributed by atoms with van der Waals surface area (Å²) in [5.41, 5.74) is 1.45. The first-order chi connectivity index (χ1) is 6.85. The number of aromatic nitrogens is 1. The van der Waals surface area contributed by atoms with Gasteiger partial charge in [0.2, 0.25) is 6.08 Å². The van der Waals surface area contributed by atoms with Gasteiger partial charge >= 0.3 is 0 Å². The minimum absolute atomic E-state index is 0.565. The van der Waals surface area contributed by atoms with Crippen molar-refractivity contribution in [2.24, 2.45) is 4.99 Å². The average molecular weight is 188 g/mol. The largest absolute Gasteiger partial charge is 0.497 e. The van der Waals surface area contributed by atoms with Gasteiger partial charge < -0.3 is 9.72 Å². The second kappa shape index (κ2) is 3.36. The molecule has 0 saturated carbocycles. The fourth-order valence-corrected chi connectivity index (χ4v) is 1.38. The molecule has 70 valence electrons. The zero-order valence-electron chi connectivity index (χ0n) is 7.57. The van der Waals surface area contributed by atoms with Crippen LogP contribution < -0.4 is 4.74 Å². The third-order valence-electron chi connectivity index (χ3n) is 2.02. The summed E-state index contributed by atoms with van der Waals surface area (Å²) in [5, 5.41) is 0.883. The first kappa shape index (κ1) is 8.53. The lowest BCUT2D eigenvalue weighted by Crippen LogP contribution is -1.82. The Kier molecular flexibility index (Phi) is 2.05. The van der Waals surface area contributed by atoms with Crippen molar-refractivity contribution >= 4 is 22.7 Å². The molecule has 4 nitrogen and oxygen atoms in total. The first-order valence-electron chi connectivity index (χ1n) is 4.08. The van der Waals surface area contributed by atoms with Crippen molar-refractivity contribution < 1.29 is 9.53 Å². The van der Waals surface area contributed by atoms with E-state index in [0.29, 0.717) is 11.4 Å². The van der Waals surface area contributed by atoms with Crippen LogP contribution in [0.1, 0.15) is 0 Å². The lowest BCUT2D eigenvalue weighted by atomic mass is 10.2. The number of aliphatic imine (C=N–C) groups is 1. The van der Waals surface area contributed by atoms with Crippen LogP contribution in [0.15, 0.2) is 29.4 Å². The van der Waals surface area contributed by atoms with Gasteiger partial charge in [0, 0.05) is 23.7 Å². The van der Waals surface area contributed by atoms with Crippen LogP contribution in [0.5, 0.6) is 5.75 Å². The number of rotatable bonds is 2. The molecule has 0 fully saturated rings. The van der Waals surface area contributed by atoms with Gasteiger partial charge in [0.15, 0.2) is 0 Å². The normalized spacial score (nSPS) is 9.79. The van der Waals surface area contributed by atoms with E-state index in [1.165, 1.54) is 6.08 Å². The number of nitrogens with one attached hydrogen (secondary N) is 1. The molecule has 0 aliphatic rings. The minimum Gasteiger partial charge on any atom is -0.497 e. The monoisotopic (exact) mass is 188 g/mol. The van der Waals surface area contributed by atoms with Gasteiger partial charge in [-0.05, 0) is 6.07 Å². The molecule has 2 rings (SSSR count). The number of nitrogens with zero attached hydrogens (tertiary/aromatic N) is 1. The van der Waals surface area contributed by atoms with E-state index in [1.807, 2.05) is 12.1 Å². The third-order valence-corrected chi connectivity index (χ3v) is 2.02. The number of benzene rings is 1. The predicted molar refractivity (Wildman–Crippen MR) is 52.6 cm³/mol. The molecular formula is C10H8N2O2. The summed E-state index contributed by atoms with van der Waals surface area (Å²) in [4.78, 5) is 16.8. The van der Waals surface area contributed by atoms with Crippen LogP contribution in [-0.2, 0) is 4.79 Å². The number of aromatic amines is 1. The highest BCUT2D eigenvalue weighted by atomic mass is 16.5. The molecule has 14 heavy (non-hydrogen) atoms. The van der Waals surface area contributed by atoms with E-state index in [0.717, 1.165) is 10.9 Å². The Morgan fingerprint density at radius 3 is 3.07 bits per heavy atom. The molecule has 1 N–H and O–H groups in total. The van der Waals surface area contributed by atoms with E-state index >= 15 is 0 Å². The van der Waals surface area contributed by atoms with Gasteiger partial charge in [-0.1, -0.05) is 0 Å². The van der Waals surface area contributed by atoms with Crippen molar-refractivity contribution in [3.8, 4) is 5.75 Å². The second-order valence-electron chi connectivity index (χ2n) is 2.79. The first-order valence-corrected chi connectivity index (χ1v) is 4.08. The third kappa shape index (κ3) is 1.28. The lowest BCUT2D eigenvalue weighted by molar-refractivity contribution is 0.415. The van der Waals surface area contributed by atoms with E-state index in [2.05, 4.69) is 9.98 Å². The van der Waals surface area contributed by atoms with E-state index < -0.39 is 0 Å². The number of methoxy groups -OCH3 is 1. The van der Waals surface area contributed by atoms with Crippen molar-refractivity contribution in [3.05, 3.63) is 24.4 Å². The number of ether oxygens (including phenoxy) is 1. The Labute approximate surface area is 80.2 Å². The lowest BCUT2D eigenvalue weighted by Gasteiger charge is -2.01. The molecular weight excluding hydrogens is 180 g/mol. The molecule has 0 aliphatic carbocycles. The summed E-state index contributed by atoms with van der Waals surface area (Å²) in [6, 6.07) is 5.39. The van der Waals surface area contributed by atoms with Crippen molar-refractivity contribution in [1.29, 1.82) is 0 Å². The van der Waals surface area contributed by atoms with Crippen molar-refractivity contribution in [3.63, 3.8) is 0 Å². The minimum atomic E-state index is 0.565. The number of isocyanates is 1. The number of fused-ring (bicyclic) bond motifs is 1. The fraction of sp³-hybridized carbons (Fsp3) is 0.100. The Bertz CT molecular complexity index is 510. The highest BCUT2D eigenvalue weighted by Crippen LogP contribution is 2.30. The maximum Gasteiger partial charge on any atom is 0.240 e. The van der Waals surface area contributed by atoms with Gasteiger partial charge in [0.25, 0.3) is 0 Å². The van der Waals surface area contributed by atoms with Crippen LogP contribution in [-0.4, -0.2) is 18.2 Å². The molecule has 0 atom stereocenters. The Morgan fingerprint density at radius 1 is 1.50 bits per heavy atom. The number of H-pyrrole nitrogens is 1. The molecule has 0 bridgehead atoms. The number of hydrogen-bond acceptors (Lipinski definition) is 3. The van der Waals surface area contributed by atoms with Gasteiger partial charge in [-0.3, -0.25) is 0 Å². The van der Waals surface area contributed by atoms with Gasteiger partial charge in [-0.15, -0.1) is 0 Å². The van der Waals surface area contributed by atoms with Gasteiger partial charge in [0.05, 0.1) is 18.3 Å². The van der Waals surface area contributed by atoms with Crippen LogP contribution in [0.2, 0.25) is 0 Å². The molecule has 0 aliphatic heterocycles. The van der Waals surface area contributed by atoms with Crippen LogP contribution in [0.4, 0.5) is 5.69 Å². The molecule has 0 saturated heterocycles. The smallest absolute Gasteiger partial charge is 0.240 e. The number of carbonyl (C=O) groups excluding carboxylic acids is 1. The molecule has 1 heterocycles. The zero-order valence-corrected chi connectivity index (χ0v) is 7.57. The van der Waals surface area contributed by atoms with Crippen LogP contribution in [0.3, 0.4) is 0 Å². The summed E-state index contributed by atoms with van der Waals surface area (Å²) >= 11 is 0. The van der Waals surface area contributed by atoms with Crippen molar-refractivity contribution in [2.45, 2.75) is 0 Å². The van der Waals surface area contributed by atoms with Crippen molar-refractivity contribution in [2.75, 3.05) is 7.11 Å². The molecule has 2 aromatic rings. The quantitative estimate of drug-likeness (QED) is 0.579. The van der Waals surface area contributed by atoms with Gasteiger partial charge in [0.1, 0.15) is 5.75 Å². The van der Waals surface area contributed by atoms with E-state index in [-0.39, 0.29) is 0 Å². The molecule has 1 aromatic carbocycles. The molecule has 4 heteroatoms. The van der Waals surface area contributed by atoms with Crippen LogP contribution >= 0.6 is 0 Å². The van der Waals surface area contributed by atoms with Crippen LogP contribution in [0.25, 0.3) is 10.9 Å². The maximum absolute atomic E-state index is 10.2. The topological polar surface area (TPSA) is 54.4 Å². The van der Waals surface area contributed by atoms with E-state index in [1.54, 1.807) is 19.4 Å². The molecule has 0 unspecified atom stereocenters. The zero-order chi connectivity index (χ0) is 9.97. The number of hydrogen-bond donors (Lipinski definition) is 1. The summed E-state index contributed by atoms with van der Waals surface area (Å²) < 4.78 is 5.07. The summed E-state index contributed by atoms with van der Waals surface area (Å²) in [6.07, 6.45) is 3.31. The van der Waals surface area contributed by atoms with Gasteiger partial charge in [-0.2, -0.15) is 4.99 Å². The highest BCUT2D eigenvalue weighted by molar-refractivity contribution is 5.92. The summed E-state index contributed by atoms with van der Waals surface area (Å²) in [7, 11) is 1.57. The SMILES string of the molecule is COc1cc(N=C=O)c2cc[nH]c2c1.